The van der Waals surface area contributed by atoms with E-state index in [0.29, 0.717) is 30.6 Å². The zero-order valence-electron chi connectivity index (χ0n) is 14.7. The molecule has 2 aliphatic heterocycles. The molecule has 0 aliphatic carbocycles. The summed E-state index contributed by atoms with van der Waals surface area (Å²) in [5.74, 6) is -1.10. The van der Waals surface area contributed by atoms with E-state index in [1.165, 1.54) is 29.4 Å². The Labute approximate surface area is 156 Å². The third-order valence-electron chi connectivity index (χ3n) is 5.09. The van der Waals surface area contributed by atoms with Crippen LogP contribution in [0.4, 0.5) is 11.4 Å². The van der Waals surface area contributed by atoms with Gasteiger partial charge in [0, 0.05) is 25.7 Å². The van der Waals surface area contributed by atoms with Gasteiger partial charge >= 0.3 is 5.97 Å². The quantitative estimate of drug-likeness (QED) is 0.871. The SMILES string of the molecule is CC(=O)N1CCc2cc(S(=O)(=O)N3CCc4cc(C(=O)O)ccc43)ccc21. The van der Waals surface area contributed by atoms with Crippen LogP contribution in [0, 0.1) is 0 Å². The van der Waals surface area contributed by atoms with Gasteiger partial charge in [-0.3, -0.25) is 9.10 Å². The third kappa shape index (κ3) is 2.76. The second-order valence-electron chi connectivity index (χ2n) is 6.69. The van der Waals surface area contributed by atoms with Crippen molar-refractivity contribution in [3.63, 3.8) is 0 Å². The second-order valence-corrected chi connectivity index (χ2v) is 8.55. The average molecular weight is 386 g/mol. The van der Waals surface area contributed by atoms with Crippen LogP contribution in [-0.4, -0.2) is 38.5 Å². The topological polar surface area (TPSA) is 95.0 Å². The fraction of sp³-hybridized carbons (Fsp3) is 0.263. The first-order chi connectivity index (χ1) is 12.8. The molecule has 0 unspecified atom stereocenters. The first-order valence-corrected chi connectivity index (χ1v) is 10.0. The molecule has 2 aromatic rings. The van der Waals surface area contributed by atoms with E-state index in [1.54, 1.807) is 23.1 Å². The summed E-state index contributed by atoms with van der Waals surface area (Å²) in [4.78, 5) is 24.6. The van der Waals surface area contributed by atoms with Gasteiger partial charge in [-0.15, -0.1) is 0 Å². The lowest BCUT2D eigenvalue weighted by Crippen LogP contribution is -2.29. The Morgan fingerprint density at radius 1 is 0.963 bits per heavy atom. The monoisotopic (exact) mass is 386 g/mol. The Morgan fingerprint density at radius 2 is 1.63 bits per heavy atom. The summed E-state index contributed by atoms with van der Waals surface area (Å²) >= 11 is 0. The van der Waals surface area contributed by atoms with Crippen LogP contribution in [0.25, 0.3) is 0 Å². The summed E-state index contributed by atoms with van der Waals surface area (Å²) in [6.45, 7) is 2.32. The van der Waals surface area contributed by atoms with Gasteiger partial charge in [0.1, 0.15) is 0 Å². The van der Waals surface area contributed by atoms with Crippen molar-refractivity contribution in [3.05, 3.63) is 53.1 Å². The molecule has 0 aromatic heterocycles. The van der Waals surface area contributed by atoms with Crippen molar-refractivity contribution in [1.82, 2.24) is 0 Å². The number of carboxylic acid groups (broad SMARTS) is 1. The zero-order chi connectivity index (χ0) is 19.3. The number of hydrogen-bond donors (Lipinski definition) is 1. The highest BCUT2D eigenvalue weighted by Gasteiger charge is 2.33. The molecular weight excluding hydrogens is 368 g/mol. The average Bonchev–Trinajstić information content (AvgIpc) is 3.24. The summed E-state index contributed by atoms with van der Waals surface area (Å²) < 4.78 is 27.6. The molecule has 2 aliphatic rings. The highest BCUT2D eigenvalue weighted by Crippen LogP contribution is 2.36. The van der Waals surface area contributed by atoms with Gasteiger partial charge in [-0.05, 0) is 60.4 Å². The van der Waals surface area contributed by atoms with Crippen molar-refractivity contribution in [3.8, 4) is 0 Å². The number of aromatic carboxylic acids is 1. The summed E-state index contributed by atoms with van der Waals surface area (Å²) in [7, 11) is -3.76. The number of amides is 1. The maximum Gasteiger partial charge on any atom is 0.335 e. The molecule has 4 rings (SSSR count). The number of benzene rings is 2. The zero-order valence-corrected chi connectivity index (χ0v) is 15.5. The van der Waals surface area contributed by atoms with E-state index < -0.39 is 16.0 Å². The van der Waals surface area contributed by atoms with Gasteiger partial charge in [-0.25, -0.2) is 13.2 Å². The van der Waals surface area contributed by atoms with E-state index in [4.69, 9.17) is 5.11 Å². The second kappa shape index (κ2) is 6.09. The van der Waals surface area contributed by atoms with E-state index in [-0.39, 0.29) is 22.9 Å². The van der Waals surface area contributed by atoms with Gasteiger partial charge in [0.25, 0.3) is 10.0 Å². The summed E-state index contributed by atoms with van der Waals surface area (Å²) in [5.41, 5.74) is 2.98. The molecule has 2 heterocycles. The van der Waals surface area contributed by atoms with Crippen LogP contribution >= 0.6 is 0 Å². The van der Waals surface area contributed by atoms with Crippen LogP contribution in [0.15, 0.2) is 41.3 Å². The Bertz CT molecular complexity index is 1080. The molecule has 0 atom stereocenters. The minimum atomic E-state index is -3.76. The number of carbonyl (C=O) groups is 2. The van der Waals surface area contributed by atoms with Crippen molar-refractivity contribution in [2.24, 2.45) is 0 Å². The lowest BCUT2D eigenvalue weighted by atomic mass is 10.1. The van der Waals surface area contributed by atoms with Crippen molar-refractivity contribution >= 4 is 33.3 Å². The fourth-order valence-corrected chi connectivity index (χ4v) is 5.30. The van der Waals surface area contributed by atoms with E-state index in [0.717, 1.165) is 11.3 Å². The minimum absolute atomic E-state index is 0.0629. The highest BCUT2D eigenvalue weighted by atomic mass is 32.2. The molecule has 2 aromatic carbocycles. The Morgan fingerprint density at radius 3 is 2.33 bits per heavy atom. The van der Waals surface area contributed by atoms with E-state index in [1.807, 2.05) is 0 Å². The standard InChI is InChI=1S/C19H18N2O5S/c1-12(22)20-8-6-14-11-16(3-5-17(14)20)27(25,26)21-9-7-13-10-15(19(23)24)2-4-18(13)21/h2-5,10-11H,6-9H2,1H3,(H,23,24). The van der Waals surface area contributed by atoms with Gasteiger partial charge in [-0.1, -0.05) is 0 Å². The number of carboxylic acids is 1. The number of sulfonamides is 1. The molecular formula is C19H18N2O5S. The molecule has 0 saturated heterocycles. The Kier molecular flexibility index (Phi) is 3.96. The van der Waals surface area contributed by atoms with Crippen LogP contribution in [0.2, 0.25) is 0 Å². The summed E-state index contributed by atoms with van der Waals surface area (Å²) in [5, 5.41) is 9.11. The summed E-state index contributed by atoms with van der Waals surface area (Å²) in [6.07, 6.45) is 1.09. The molecule has 0 spiro atoms. The maximum absolute atomic E-state index is 13.2. The number of hydrogen-bond acceptors (Lipinski definition) is 4. The van der Waals surface area contributed by atoms with Gasteiger partial charge in [0.15, 0.2) is 0 Å². The lowest BCUT2D eigenvalue weighted by molar-refractivity contribution is -0.116. The van der Waals surface area contributed by atoms with Gasteiger partial charge in [0.05, 0.1) is 16.1 Å². The van der Waals surface area contributed by atoms with Crippen LogP contribution < -0.4 is 9.21 Å². The van der Waals surface area contributed by atoms with Crippen LogP contribution in [0.5, 0.6) is 0 Å². The predicted octanol–water partition coefficient (Wildman–Crippen LogP) is 2.05. The molecule has 1 N–H and O–H groups in total. The third-order valence-corrected chi connectivity index (χ3v) is 6.90. The van der Waals surface area contributed by atoms with Crippen LogP contribution in [0.1, 0.15) is 28.4 Å². The van der Waals surface area contributed by atoms with Crippen molar-refractivity contribution in [1.29, 1.82) is 0 Å². The molecule has 27 heavy (non-hydrogen) atoms. The van der Waals surface area contributed by atoms with Gasteiger partial charge in [-0.2, -0.15) is 0 Å². The molecule has 0 saturated carbocycles. The molecule has 0 radical (unpaired) electrons. The number of fused-ring (bicyclic) bond motifs is 2. The first kappa shape index (κ1) is 17.5. The smallest absolute Gasteiger partial charge is 0.335 e. The van der Waals surface area contributed by atoms with Gasteiger partial charge in [0.2, 0.25) is 5.91 Å². The molecule has 0 bridgehead atoms. The lowest BCUT2D eigenvalue weighted by Gasteiger charge is -2.20. The van der Waals surface area contributed by atoms with E-state index >= 15 is 0 Å². The number of rotatable bonds is 3. The number of nitrogens with zero attached hydrogens (tertiary/aromatic N) is 2. The fourth-order valence-electron chi connectivity index (χ4n) is 3.75. The minimum Gasteiger partial charge on any atom is -0.478 e. The van der Waals surface area contributed by atoms with Gasteiger partial charge < -0.3 is 10.0 Å². The van der Waals surface area contributed by atoms with Crippen molar-refractivity contribution in [2.45, 2.75) is 24.7 Å². The molecule has 7 nitrogen and oxygen atoms in total. The number of carbonyl (C=O) groups excluding carboxylic acids is 1. The van der Waals surface area contributed by atoms with E-state index in [9.17, 15) is 18.0 Å². The molecule has 0 fully saturated rings. The van der Waals surface area contributed by atoms with Crippen LogP contribution in [0.3, 0.4) is 0 Å². The first-order valence-electron chi connectivity index (χ1n) is 8.59. The highest BCUT2D eigenvalue weighted by molar-refractivity contribution is 7.92. The Hall–Kier alpha value is -2.87. The largest absolute Gasteiger partial charge is 0.478 e. The Balaban J connectivity index is 1.70. The van der Waals surface area contributed by atoms with Crippen molar-refractivity contribution < 1.29 is 23.1 Å². The number of anilines is 2. The maximum atomic E-state index is 13.2. The van der Waals surface area contributed by atoms with Crippen molar-refractivity contribution in [2.75, 3.05) is 22.3 Å². The summed E-state index contributed by atoms with van der Waals surface area (Å²) in [6, 6.07) is 9.34. The van der Waals surface area contributed by atoms with E-state index in [2.05, 4.69) is 0 Å². The van der Waals surface area contributed by atoms with Crippen LogP contribution in [-0.2, 0) is 27.7 Å². The molecule has 140 valence electrons. The molecule has 1 amide bonds. The molecule has 8 heteroatoms. The normalized spacial score (nSPS) is 15.6. The predicted molar refractivity (Wildman–Crippen MR) is 99.8 cm³/mol.